The van der Waals surface area contributed by atoms with Crippen LogP contribution in [0.15, 0.2) is 0 Å². The Morgan fingerprint density at radius 1 is 1.06 bits per heavy atom. The van der Waals surface area contributed by atoms with Crippen molar-refractivity contribution >= 4 is 5.97 Å². The quantitative estimate of drug-likeness (QED) is 0.698. The fourth-order valence-corrected chi connectivity index (χ4v) is 1.35. The van der Waals surface area contributed by atoms with Crippen molar-refractivity contribution in [2.24, 2.45) is 11.3 Å². The molecule has 0 saturated carbocycles. The van der Waals surface area contributed by atoms with Crippen molar-refractivity contribution in [2.45, 2.75) is 59.7 Å². The minimum absolute atomic E-state index is 0.772. The van der Waals surface area contributed by atoms with Crippen LogP contribution in [0.2, 0.25) is 0 Å². The average Bonchev–Trinajstić information content (AvgIpc) is 1.92. The van der Waals surface area contributed by atoms with E-state index in [0.29, 0.717) is 0 Å². The van der Waals surface area contributed by atoms with Gasteiger partial charge in [-0.2, -0.15) is 13.2 Å². The first kappa shape index (κ1) is 16.3. The van der Waals surface area contributed by atoms with Crippen molar-refractivity contribution in [3.05, 3.63) is 0 Å². The smallest absolute Gasteiger partial charge is 0.389 e. The SMILES string of the molecule is CC(C)(C)OC(=O)C(CC(F)(F)F)C(C)(C)C. The molecule has 0 saturated heterocycles. The molecule has 1 atom stereocenters. The molecule has 17 heavy (non-hydrogen) atoms. The van der Waals surface area contributed by atoms with E-state index in [1.807, 2.05) is 0 Å². The number of ether oxygens (including phenoxy) is 1. The lowest BCUT2D eigenvalue weighted by molar-refractivity contribution is -0.183. The summed E-state index contributed by atoms with van der Waals surface area (Å²) in [6.45, 7) is 9.72. The minimum Gasteiger partial charge on any atom is -0.460 e. The van der Waals surface area contributed by atoms with Crippen LogP contribution in [-0.4, -0.2) is 17.7 Å². The maximum atomic E-state index is 12.4. The molecular formula is C12H21F3O2. The van der Waals surface area contributed by atoms with E-state index in [1.165, 1.54) is 0 Å². The lowest BCUT2D eigenvalue weighted by Crippen LogP contribution is -2.37. The molecule has 0 fully saturated rings. The van der Waals surface area contributed by atoms with E-state index in [-0.39, 0.29) is 0 Å². The highest BCUT2D eigenvalue weighted by atomic mass is 19.4. The van der Waals surface area contributed by atoms with E-state index in [0.717, 1.165) is 0 Å². The summed E-state index contributed by atoms with van der Waals surface area (Å²) in [5, 5.41) is 0. The van der Waals surface area contributed by atoms with Crippen LogP contribution in [0.25, 0.3) is 0 Å². The first-order valence-corrected chi connectivity index (χ1v) is 5.52. The van der Waals surface area contributed by atoms with Gasteiger partial charge in [-0.1, -0.05) is 20.8 Å². The molecule has 5 heteroatoms. The third-order valence-electron chi connectivity index (χ3n) is 2.17. The largest absolute Gasteiger partial charge is 0.460 e. The van der Waals surface area contributed by atoms with Crippen LogP contribution in [0.5, 0.6) is 0 Å². The van der Waals surface area contributed by atoms with Crippen molar-refractivity contribution in [3.8, 4) is 0 Å². The standard InChI is InChI=1S/C12H21F3O2/c1-10(2,3)8(7-12(13,14)15)9(16)17-11(4,5)6/h8H,7H2,1-6H3. The maximum Gasteiger partial charge on any atom is 0.389 e. The number of hydrogen-bond donors (Lipinski definition) is 0. The Bertz CT molecular complexity index is 269. The summed E-state index contributed by atoms with van der Waals surface area (Å²) in [6, 6.07) is 0. The number of alkyl halides is 3. The number of halogens is 3. The molecule has 0 radical (unpaired) electrons. The van der Waals surface area contributed by atoms with Gasteiger partial charge in [0.25, 0.3) is 0 Å². The Morgan fingerprint density at radius 2 is 1.47 bits per heavy atom. The van der Waals surface area contributed by atoms with Gasteiger partial charge in [-0.3, -0.25) is 4.79 Å². The van der Waals surface area contributed by atoms with Gasteiger partial charge in [-0.25, -0.2) is 0 Å². The highest BCUT2D eigenvalue weighted by Crippen LogP contribution is 2.37. The van der Waals surface area contributed by atoms with Crippen molar-refractivity contribution in [1.29, 1.82) is 0 Å². The third-order valence-corrected chi connectivity index (χ3v) is 2.17. The molecule has 0 aromatic rings. The lowest BCUT2D eigenvalue weighted by Gasteiger charge is -2.32. The van der Waals surface area contributed by atoms with E-state index < -0.39 is 35.5 Å². The molecule has 0 rings (SSSR count). The van der Waals surface area contributed by atoms with Gasteiger partial charge in [0.2, 0.25) is 0 Å². The van der Waals surface area contributed by atoms with Crippen molar-refractivity contribution in [1.82, 2.24) is 0 Å². The van der Waals surface area contributed by atoms with Gasteiger partial charge in [-0.15, -0.1) is 0 Å². The number of carbonyl (C=O) groups excluding carboxylic acids is 1. The fraction of sp³-hybridized carbons (Fsp3) is 0.917. The van der Waals surface area contributed by atoms with Crippen LogP contribution in [0.1, 0.15) is 48.0 Å². The second-order valence-electron chi connectivity index (χ2n) is 6.27. The summed E-state index contributed by atoms with van der Waals surface area (Å²) in [4.78, 5) is 11.8. The van der Waals surface area contributed by atoms with Crippen molar-refractivity contribution in [3.63, 3.8) is 0 Å². The summed E-state index contributed by atoms with van der Waals surface area (Å²) in [6.07, 6.45) is -5.51. The average molecular weight is 254 g/mol. The zero-order valence-electron chi connectivity index (χ0n) is 11.2. The third kappa shape index (κ3) is 7.23. The molecular weight excluding hydrogens is 233 g/mol. The molecule has 0 aliphatic carbocycles. The molecule has 1 unspecified atom stereocenters. The molecule has 102 valence electrons. The summed E-state index contributed by atoms with van der Waals surface area (Å²) < 4.78 is 42.3. The van der Waals surface area contributed by atoms with Gasteiger partial charge in [0.05, 0.1) is 12.3 Å². The van der Waals surface area contributed by atoms with Gasteiger partial charge in [0.1, 0.15) is 5.60 Å². The highest BCUT2D eigenvalue weighted by Gasteiger charge is 2.43. The molecule has 0 heterocycles. The predicted molar refractivity (Wildman–Crippen MR) is 59.5 cm³/mol. The van der Waals surface area contributed by atoms with Crippen LogP contribution in [0.3, 0.4) is 0 Å². The summed E-state index contributed by atoms with van der Waals surface area (Å²) in [7, 11) is 0. The molecule has 0 aliphatic heterocycles. The van der Waals surface area contributed by atoms with Gasteiger partial charge in [0, 0.05) is 0 Å². The topological polar surface area (TPSA) is 26.3 Å². The second-order valence-corrected chi connectivity index (χ2v) is 6.27. The Hall–Kier alpha value is -0.740. The van der Waals surface area contributed by atoms with E-state index in [1.54, 1.807) is 41.5 Å². The number of rotatable bonds is 2. The van der Waals surface area contributed by atoms with Crippen LogP contribution in [-0.2, 0) is 9.53 Å². The molecule has 0 aromatic heterocycles. The molecule has 0 N–H and O–H groups in total. The summed E-state index contributed by atoms with van der Waals surface area (Å²) in [5.41, 5.74) is -1.55. The maximum absolute atomic E-state index is 12.4. The normalized spacial score (nSPS) is 15.6. The van der Waals surface area contributed by atoms with Crippen LogP contribution in [0, 0.1) is 11.3 Å². The van der Waals surface area contributed by atoms with Gasteiger partial charge < -0.3 is 4.74 Å². The van der Waals surface area contributed by atoms with Crippen LogP contribution >= 0.6 is 0 Å². The van der Waals surface area contributed by atoms with Crippen molar-refractivity contribution < 1.29 is 22.7 Å². The van der Waals surface area contributed by atoms with Crippen molar-refractivity contribution in [2.75, 3.05) is 0 Å². The minimum atomic E-state index is -4.37. The molecule has 0 spiro atoms. The first-order valence-electron chi connectivity index (χ1n) is 5.52. The molecule has 2 nitrogen and oxygen atoms in total. The summed E-state index contributed by atoms with van der Waals surface area (Å²) >= 11 is 0. The molecule has 0 aromatic carbocycles. The molecule has 0 aliphatic rings. The van der Waals surface area contributed by atoms with E-state index in [9.17, 15) is 18.0 Å². The van der Waals surface area contributed by atoms with E-state index >= 15 is 0 Å². The zero-order chi connectivity index (χ0) is 14.1. The number of hydrogen-bond acceptors (Lipinski definition) is 2. The van der Waals surface area contributed by atoms with Gasteiger partial charge >= 0.3 is 12.1 Å². The fourth-order valence-electron chi connectivity index (χ4n) is 1.35. The van der Waals surface area contributed by atoms with E-state index in [4.69, 9.17) is 4.74 Å². The number of carbonyl (C=O) groups is 1. The highest BCUT2D eigenvalue weighted by molar-refractivity contribution is 5.73. The first-order chi connectivity index (χ1) is 7.22. The Balaban J connectivity index is 4.90. The van der Waals surface area contributed by atoms with Crippen LogP contribution < -0.4 is 0 Å². The van der Waals surface area contributed by atoms with Crippen LogP contribution in [0.4, 0.5) is 13.2 Å². The molecule has 0 amide bonds. The van der Waals surface area contributed by atoms with E-state index in [2.05, 4.69) is 0 Å². The van der Waals surface area contributed by atoms with Gasteiger partial charge in [0.15, 0.2) is 0 Å². The van der Waals surface area contributed by atoms with Gasteiger partial charge in [-0.05, 0) is 26.2 Å². The Morgan fingerprint density at radius 3 is 1.71 bits per heavy atom. The monoisotopic (exact) mass is 254 g/mol. The Labute approximate surface area is 101 Å². The predicted octanol–water partition coefficient (Wildman–Crippen LogP) is 3.94. The zero-order valence-corrected chi connectivity index (χ0v) is 11.2. The second kappa shape index (κ2) is 4.86. The lowest BCUT2D eigenvalue weighted by atomic mass is 9.78. The Kier molecular flexibility index (Phi) is 4.65. The number of esters is 1. The molecule has 0 bridgehead atoms. The summed E-state index contributed by atoms with van der Waals surface area (Å²) in [5.74, 6) is -1.97.